The van der Waals surface area contributed by atoms with Gasteiger partial charge in [0.25, 0.3) is 5.54 Å². The molecule has 2 bridgehead atoms. The lowest BCUT2D eigenvalue weighted by atomic mass is 9.51. The summed E-state index contributed by atoms with van der Waals surface area (Å²) in [6.07, 6.45) is 0. The summed E-state index contributed by atoms with van der Waals surface area (Å²) in [5, 5.41) is 24.6. The first-order valence-corrected chi connectivity index (χ1v) is 10.4. The third-order valence-corrected chi connectivity index (χ3v) is 7.23. The van der Waals surface area contributed by atoms with Crippen molar-refractivity contribution in [3.05, 3.63) is 111 Å². The van der Waals surface area contributed by atoms with Gasteiger partial charge in [-0.3, -0.25) is 19.7 Å². The standard InChI is InChI=1S/C25H16N2O6/c28-22-20-19-13-7-1-4-10-16(13)25(27(32)33,17-11-5-2-8-14(17)19)21(20)23(29)26(22)18-12-6-3-9-15(18)24(30)31/h1-12,19-21H,(H,30,31)/p-1. The van der Waals surface area contributed by atoms with Crippen LogP contribution in [0.15, 0.2) is 72.8 Å². The number of carbonyl (C=O) groups is 3. The summed E-state index contributed by atoms with van der Waals surface area (Å²) in [6.45, 7) is 0. The van der Waals surface area contributed by atoms with E-state index in [-0.39, 0.29) is 11.3 Å². The minimum atomic E-state index is -1.95. The second-order valence-electron chi connectivity index (χ2n) is 8.50. The number of nitrogens with zero attached hydrogens (tertiary/aromatic N) is 2. The van der Waals surface area contributed by atoms with E-state index in [1.807, 2.05) is 0 Å². The Kier molecular flexibility index (Phi) is 3.73. The van der Waals surface area contributed by atoms with Gasteiger partial charge >= 0.3 is 0 Å². The third kappa shape index (κ3) is 2.12. The Morgan fingerprint density at radius 1 is 0.848 bits per heavy atom. The fraction of sp³-hybridized carbons (Fsp3) is 0.160. The molecule has 33 heavy (non-hydrogen) atoms. The Bertz CT molecular complexity index is 1370. The number of aromatic carboxylic acids is 1. The fourth-order valence-corrected chi connectivity index (χ4v) is 6.12. The van der Waals surface area contributed by atoms with Gasteiger partial charge < -0.3 is 9.90 Å². The van der Waals surface area contributed by atoms with Crippen LogP contribution >= 0.6 is 0 Å². The second-order valence-corrected chi connectivity index (χ2v) is 8.50. The van der Waals surface area contributed by atoms with Crippen molar-refractivity contribution in [3.63, 3.8) is 0 Å². The normalized spacial score (nSPS) is 26.5. The molecule has 2 atom stereocenters. The van der Waals surface area contributed by atoms with E-state index in [4.69, 9.17) is 0 Å². The first kappa shape index (κ1) is 19.4. The maximum Gasteiger partial charge on any atom is 0.285 e. The predicted octanol–water partition coefficient (Wildman–Crippen LogP) is 1.84. The molecule has 3 aromatic rings. The van der Waals surface area contributed by atoms with E-state index >= 15 is 0 Å². The molecule has 8 heteroatoms. The first-order chi connectivity index (χ1) is 15.9. The summed E-state index contributed by atoms with van der Waals surface area (Å²) in [5.74, 6) is -5.84. The molecule has 0 spiro atoms. The monoisotopic (exact) mass is 439 g/mol. The minimum absolute atomic E-state index is 0.132. The predicted molar refractivity (Wildman–Crippen MR) is 113 cm³/mol. The van der Waals surface area contributed by atoms with Crippen molar-refractivity contribution in [1.82, 2.24) is 0 Å². The molecule has 0 saturated carbocycles. The molecule has 1 heterocycles. The summed E-state index contributed by atoms with van der Waals surface area (Å²) in [7, 11) is 0. The number of hydrogen-bond donors (Lipinski definition) is 0. The molecule has 3 aliphatic carbocycles. The van der Waals surface area contributed by atoms with Gasteiger partial charge in [-0.2, -0.15) is 0 Å². The molecule has 0 aromatic heterocycles. The van der Waals surface area contributed by atoms with Gasteiger partial charge in [0.1, 0.15) is 5.92 Å². The number of anilines is 1. The molecule has 2 unspecified atom stereocenters. The van der Waals surface area contributed by atoms with E-state index in [2.05, 4.69) is 0 Å². The minimum Gasteiger partial charge on any atom is -0.545 e. The molecule has 2 amide bonds. The van der Waals surface area contributed by atoms with Gasteiger partial charge in [0.2, 0.25) is 11.8 Å². The zero-order chi connectivity index (χ0) is 23.1. The molecule has 4 aliphatic rings. The van der Waals surface area contributed by atoms with Crippen LogP contribution in [0.1, 0.15) is 38.5 Å². The average molecular weight is 439 g/mol. The van der Waals surface area contributed by atoms with E-state index in [9.17, 15) is 29.6 Å². The Labute approximate surface area is 187 Å². The van der Waals surface area contributed by atoms with Crippen molar-refractivity contribution < 1.29 is 24.4 Å². The largest absolute Gasteiger partial charge is 0.545 e. The van der Waals surface area contributed by atoms with Crippen LogP contribution in [0.4, 0.5) is 5.69 Å². The summed E-state index contributed by atoms with van der Waals surface area (Å²) in [6, 6.07) is 19.3. The number of carboxylic acid groups (broad SMARTS) is 1. The van der Waals surface area contributed by atoms with Crippen molar-refractivity contribution in [2.24, 2.45) is 11.8 Å². The summed E-state index contributed by atoms with van der Waals surface area (Å²) in [5.41, 5.74) is -0.323. The number of amides is 2. The average Bonchev–Trinajstić information content (AvgIpc) is 3.09. The van der Waals surface area contributed by atoms with Crippen LogP contribution in [-0.2, 0) is 15.1 Å². The van der Waals surface area contributed by atoms with Gasteiger partial charge in [0, 0.05) is 27.5 Å². The SMILES string of the molecule is O=C([O-])c1ccccc1N1C(=O)C2C3c4ccccc4C([N+](=O)[O-])(c4ccccc43)C2C1=O. The van der Waals surface area contributed by atoms with Gasteiger partial charge in [-0.05, 0) is 17.2 Å². The fourth-order valence-electron chi connectivity index (χ4n) is 6.12. The molecular formula is C25H15N2O6-. The Balaban J connectivity index is 1.67. The second kappa shape index (κ2) is 6.35. The van der Waals surface area contributed by atoms with Crippen molar-refractivity contribution in [3.8, 4) is 0 Å². The van der Waals surface area contributed by atoms with Crippen LogP contribution in [0.2, 0.25) is 0 Å². The lowest BCUT2D eigenvalue weighted by Crippen LogP contribution is -2.57. The van der Waals surface area contributed by atoms with Crippen LogP contribution in [0.25, 0.3) is 0 Å². The van der Waals surface area contributed by atoms with E-state index < -0.39 is 46.0 Å². The molecule has 162 valence electrons. The Morgan fingerprint density at radius 2 is 1.39 bits per heavy atom. The summed E-state index contributed by atoms with van der Waals surface area (Å²) < 4.78 is 0. The molecule has 3 aromatic carbocycles. The van der Waals surface area contributed by atoms with E-state index in [0.29, 0.717) is 22.3 Å². The maximum atomic E-state index is 13.8. The molecule has 7 rings (SSSR count). The third-order valence-electron chi connectivity index (χ3n) is 7.23. The topological polar surface area (TPSA) is 121 Å². The number of para-hydroxylation sites is 1. The number of imide groups is 1. The van der Waals surface area contributed by atoms with Crippen molar-refractivity contribution in [1.29, 1.82) is 0 Å². The highest BCUT2D eigenvalue weighted by atomic mass is 16.6. The molecule has 1 fully saturated rings. The van der Waals surface area contributed by atoms with Crippen molar-refractivity contribution in [2.45, 2.75) is 11.5 Å². The number of hydrogen-bond acceptors (Lipinski definition) is 6. The van der Waals surface area contributed by atoms with Crippen LogP contribution < -0.4 is 10.0 Å². The van der Waals surface area contributed by atoms with Crippen LogP contribution in [0, 0.1) is 22.0 Å². The first-order valence-electron chi connectivity index (χ1n) is 10.4. The lowest BCUT2D eigenvalue weighted by molar-refractivity contribution is -0.578. The highest BCUT2D eigenvalue weighted by Gasteiger charge is 2.74. The van der Waals surface area contributed by atoms with Gasteiger partial charge in [0.15, 0.2) is 0 Å². The Hall–Kier alpha value is -4.33. The number of benzene rings is 3. The molecule has 0 N–H and O–H groups in total. The molecule has 1 saturated heterocycles. The van der Waals surface area contributed by atoms with E-state index in [1.54, 1.807) is 48.5 Å². The molecular weight excluding hydrogens is 424 g/mol. The number of rotatable bonds is 3. The molecule has 0 radical (unpaired) electrons. The quantitative estimate of drug-likeness (QED) is 0.349. The highest BCUT2D eigenvalue weighted by Crippen LogP contribution is 2.64. The van der Waals surface area contributed by atoms with Gasteiger partial charge in [0.05, 0.1) is 17.6 Å². The van der Waals surface area contributed by atoms with Crippen LogP contribution in [0.3, 0.4) is 0 Å². The zero-order valence-corrected chi connectivity index (χ0v) is 17.0. The number of carbonyl (C=O) groups excluding carboxylic acids is 3. The van der Waals surface area contributed by atoms with E-state index in [0.717, 1.165) is 4.90 Å². The van der Waals surface area contributed by atoms with Crippen LogP contribution in [-0.4, -0.2) is 22.7 Å². The maximum absolute atomic E-state index is 13.8. The number of nitro groups is 1. The smallest absolute Gasteiger partial charge is 0.285 e. The summed E-state index contributed by atoms with van der Waals surface area (Å²) in [4.78, 5) is 52.5. The molecule has 1 aliphatic heterocycles. The lowest BCUT2D eigenvalue weighted by Gasteiger charge is -2.48. The molecule has 8 nitrogen and oxygen atoms in total. The van der Waals surface area contributed by atoms with Crippen molar-refractivity contribution >= 4 is 23.5 Å². The summed E-state index contributed by atoms with van der Waals surface area (Å²) >= 11 is 0. The van der Waals surface area contributed by atoms with Crippen LogP contribution in [0.5, 0.6) is 0 Å². The Morgan fingerprint density at radius 3 is 1.97 bits per heavy atom. The highest BCUT2D eigenvalue weighted by molar-refractivity contribution is 6.25. The number of carboxylic acids is 1. The van der Waals surface area contributed by atoms with Gasteiger partial charge in [-0.25, -0.2) is 4.90 Å². The van der Waals surface area contributed by atoms with Gasteiger partial charge in [-0.15, -0.1) is 0 Å². The zero-order valence-electron chi connectivity index (χ0n) is 17.0. The van der Waals surface area contributed by atoms with Gasteiger partial charge in [-0.1, -0.05) is 66.7 Å². The van der Waals surface area contributed by atoms with E-state index in [1.165, 1.54) is 24.3 Å². The van der Waals surface area contributed by atoms with Crippen molar-refractivity contribution in [2.75, 3.05) is 4.90 Å².